The van der Waals surface area contributed by atoms with Crippen LogP contribution in [-0.2, 0) is 26.0 Å². The normalized spacial score (nSPS) is 15.5. The fourth-order valence-electron chi connectivity index (χ4n) is 3.50. The van der Waals surface area contributed by atoms with Gasteiger partial charge in [0.05, 0.1) is 24.5 Å². The molecular weight excluding hydrogens is 468 g/mol. The molecule has 172 valence electrons. The van der Waals surface area contributed by atoms with Crippen LogP contribution in [0.4, 0.5) is 5.13 Å². The molecule has 0 atom stereocenters. The first kappa shape index (κ1) is 21.6. The van der Waals surface area contributed by atoms with Gasteiger partial charge >= 0.3 is 0 Å². The lowest BCUT2D eigenvalue weighted by molar-refractivity contribution is -0.134. The summed E-state index contributed by atoms with van der Waals surface area (Å²) in [7, 11) is -3.86. The molecule has 0 bridgehead atoms. The largest absolute Gasteiger partial charge is 0.454 e. The summed E-state index contributed by atoms with van der Waals surface area (Å²) in [5, 5.41) is 0.111. The second kappa shape index (κ2) is 8.96. The van der Waals surface area contributed by atoms with E-state index in [4.69, 9.17) is 14.2 Å². The number of carbonyl (C=O) groups is 1. The molecule has 3 aromatic rings. The maximum absolute atomic E-state index is 12.8. The number of anilines is 1. The quantitative estimate of drug-likeness (QED) is 0.560. The summed E-state index contributed by atoms with van der Waals surface area (Å²) >= 11 is 0.899. The second-order valence-electron chi connectivity index (χ2n) is 7.38. The molecule has 1 N–H and O–H groups in total. The summed E-state index contributed by atoms with van der Waals surface area (Å²) in [5.41, 5.74) is 1.72. The molecule has 1 saturated heterocycles. The summed E-state index contributed by atoms with van der Waals surface area (Å²) in [6, 6.07) is 12.0. The number of morpholine rings is 1. The third kappa shape index (κ3) is 4.77. The van der Waals surface area contributed by atoms with Gasteiger partial charge in [-0.25, -0.2) is 13.4 Å². The average molecular weight is 489 g/mol. The van der Waals surface area contributed by atoms with Crippen molar-refractivity contribution in [3.63, 3.8) is 0 Å². The van der Waals surface area contributed by atoms with Crippen LogP contribution in [0.2, 0.25) is 0 Å². The number of benzene rings is 2. The molecule has 0 unspecified atom stereocenters. The first-order chi connectivity index (χ1) is 16.0. The number of sulfonamides is 1. The predicted molar refractivity (Wildman–Crippen MR) is 120 cm³/mol. The van der Waals surface area contributed by atoms with Crippen molar-refractivity contribution in [3.8, 4) is 22.6 Å². The summed E-state index contributed by atoms with van der Waals surface area (Å²) < 4.78 is 48.1. The van der Waals surface area contributed by atoms with Crippen LogP contribution in [0, 0.1) is 0 Å². The smallest absolute Gasteiger partial charge is 0.263 e. The Morgan fingerprint density at radius 3 is 2.55 bits per heavy atom. The first-order valence-corrected chi connectivity index (χ1v) is 12.4. The zero-order valence-electron chi connectivity index (χ0n) is 17.4. The summed E-state index contributed by atoms with van der Waals surface area (Å²) in [4.78, 5) is 18.3. The van der Waals surface area contributed by atoms with Crippen LogP contribution in [-0.4, -0.2) is 61.7 Å². The fourth-order valence-corrected chi connectivity index (χ4v) is 5.31. The van der Waals surface area contributed by atoms with Crippen molar-refractivity contribution in [2.24, 2.45) is 0 Å². The Hall–Kier alpha value is -3.22. The van der Waals surface area contributed by atoms with Gasteiger partial charge in [0.25, 0.3) is 10.0 Å². The number of fused-ring (bicyclic) bond motifs is 1. The van der Waals surface area contributed by atoms with Crippen LogP contribution < -0.4 is 14.2 Å². The minimum Gasteiger partial charge on any atom is -0.454 e. The lowest BCUT2D eigenvalue weighted by Gasteiger charge is -2.26. The Bertz CT molecular complexity index is 1270. The van der Waals surface area contributed by atoms with Crippen molar-refractivity contribution in [1.82, 2.24) is 14.3 Å². The number of amides is 1. The number of nitrogens with one attached hydrogen (secondary N) is 1. The van der Waals surface area contributed by atoms with E-state index in [-0.39, 0.29) is 35.0 Å². The van der Waals surface area contributed by atoms with E-state index in [2.05, 4.69) is 14.1 Å². The highest BCUT2D eigenvalue weighted by atomic mass is 32.2. The molecule has 5 rings (SSSR count). The number of carbonyl (C=O) groups excluding carboxylic acids is 1. The van der Waals surface area contributed by atoms with Gasteiger partial charge in [-0.3, -0.25) is 9.52 Å². The number of aromatic nitrogens is 2. The van der Waals surface area contributed by atoms with Crippen molar-refractivity contribution in [3.05, 3.63) is 48.3 Å². The van der Waals surface area contributed by atoms with E-state index in [0.717, 1.165) is 22.7 Å². The second-order valence-corrected chi connectivity index (χ2v) is 9.82. The maximum atomic E-state index is 12.8. The molecule has 0 spiro atoms. The highest BCUT2D eigenvalue weighted by Crippen LogP contribution is 2.36. The summed E-state index contributed by atoms with van der Waals surface area (Å²) in [5.74, 6) is 1.52. The van der Waals surface area contributed by atoms with Gasteiger partial charge < -0.3 is 19.1 Å². The number of hydrogen-bond donors (Lipinski definition) is 1. The zero-order valence-corrected chi connectivity index (χ0v) is 19.0. The van der Waals surface area contributed by atoms with Crippen molar-refractivity contribution in [2.75, 3.05) is 37.8 Å². The van der Waals surface area contributed by atoms with Gasteiger partial charge in [0, 0.05) is 24.6 Å². The molecule has 2 aliphatic heterocycles. The van der Waals surface area contributed by atoms with Crippen LogP contribution >= 0.6 is 11.5 Å². The van der Waals surface area contributed by atoms with E-state index in [0.29, 0.717) is 37.8 Å². The van der Waals surface area contributed by atoms with Crippen molar-refractivity contribution in [1.29, 1.82) is 0 Å². The van der Waals surface area contributed by atoms with Gasteiger partial charge in [0.15, 0.2) is 17.3 Å². The standard InChI is InChI=1S/C21H20N4O6S2/c26-20(25-7-9-29-10-8-25)12-19-22-21(32-23-19)24-33(27,28)16-4-1-14(2-5-16)15-3-6-17-18(11-15)31-13-30-17/h1-6,11H,7-10,12-13H2,(H,22,23,24). The molecule has 10 nitrogen and oxygen atoms in total. The molecule has 2 aromatic carbocycles. The minimum absolute atomic E-state index is 0.0163. The molecule has 0 aliphatic carbocycles. The predicted octanol–water partition coefficient (Wildman–Crippen LogP) is 2.14. The van der Waals surface area contributed by atoms with Crippen molar-refractivity contribution in [2.45, 2.75) is 11.3 Å². The maximum Gasteiger partial charge on any atom is 0.263 e. The lowest BCUT2D eigenvalue weighted by Crippen LogP contribution is -2.41. The van der Waals surface area contributed by atoms with Crippen LogP contribution in [0.1, 0.15) is 5.82 Å². The van der Waals surface area contributed by atoms with Crippen LogP contribution in [0.3, 0.4) is 0 Å². The van der Waals surface area contributed by atoms with E-state index < -0.39 is 10.0 Å². The van der Waals surface area contributed by atoms with Gasteiger partial charge in [-0.1, -0.05) is 18.2 Å². The number of rotatable bonds is 6. The molecule has 3 heterocycles. The molecule has 2 aliphatic rings. The zero-order chi connectivity index (χ0) is 22.8. The van der Waals surface area contributed by atoms with E-state index in [9.17, 15) is 13.2 Å². The number of hydrogen-bond acceptors (Lipinski definition) is 9. The van der Waals surface area contributed by atoms with E-state index in [1.54, 1.807) is 17.0 Å². The van der Waals surface area contributed by atoms with Crippen molar-refractivity contribution >= 4 is 32.6 Å². The lowest BCUT2D eigenvalue weighted by atomic mass is 10.1. The van der Waals surface area contributed by atoms with E-state index in [1.165, 1.54) is 12.1 Å². The topological polar surface area (TPSA) is 120 Å². The van der Waals surface area contributed by atoms with Crippen LogP contribution in [0.15, 0.2) is 47.4 Å². The average Bonchev–Trinajstić information content (AvgIpc) is 3.48. The van der Waals surface area contributed by atoms with E-state index in [1.807, 2.05) is 18.2 Å². The third-order valence-electron chi connectivity index (χ3n) is 5.23. The Morgan fingerprint density at radius 1 is 1.03 bits per heavy atom. The summed E-state index contributed by atoms with van der Waals surface area (Å²) in [6.07, 6.45) is 0.0163. The van der Waals surface area contributed by atoms with Gasteiger partial charge in [-0.2, -0.15) is 4.37 Å². The molecular formula is C21H20N4O6S2. The van der Waals surface area contributed by atoms with Gasteiger partial charge in [-0.15, -0.1) is 0 Å². The molecule has 12 heteroatoms. The Morgan fingerprint density at radius 2 is 1.76 bits per heavy atom. The molecule has 0 saturated carbocycles. The monoisotopic (exact) mass is 488 g/mol. The first-order valence-electron chi connectivity index (χ1n) is 10.2. The minimum atomic E-state index is -3.86. The van der Waals surface area contributed by atoms with Gasteiger partial charge in [-0.05, 0) is 35.4 Å². The SMILES string of the molecule is O=C(Cc1nsc(NS(=O)(=O)c2ccc(-c3ccc4c(c3)OCO4)cc2)n1)N1CCOCC1. The number of nitrogens with zero attached hydrogens (tertiary/aromatic N) is 3. The molecule has 1 amide bonds. The molecule has 1 fully saturated rings. The highest BCUT2D eigenvalue weighted by molar-refractivity contribution is 7.93. The number of ether oxygens (including phenoxy) is 3. The molecule has 33 heavy (non-hydrogen) atoms. The third-order valence-corrected chi connectivity index (χ3v) is 7.39. The van der Waals surface area contributed by atoms with Crippen molar-refractivity contribution < 1.29 is 27.4 Å². The molecule has 0 radical (unpaired) electrons. The Labute approximate surface area is 194 Å². The Balaban J connectivity index is 1.25. The Kier molecular flexibility index (Phi) is 5.87. The highest BCUT2D eigenvalue weighted by Gasteiger charge is 2.21. The van der Waals surface area contributed by atoms with Crippen LogP contribution in [0.5, 0.6) is 11.5 Å². The van der Waals surface area contributed by atoms with E-state index >= 15 is 0 Å². The van der Waals surface area contributed by atoms with Gasteiger partial charge in [0.2, 0.25) is 17.8 Å². The summed E-state index contributed by atoms with van der Waals surface area (Å²) in [6.45, 7) is 2.27. The fraction of sp³-hybridized carbons (Fsp3) is 0.286. The van der Waals surface area contributed by atoms with Gasteiger partial charge in [0.1, 0.15) is 0 Å². The molecule has 1 aromatic heterocycles. The van der Waals surface area contributed by atoms with Crippen LogP contribution in [0.25, 0.3) is 11.1 Å².